The van der Waals surface area contributed by atoms with Crippen LogP contribution in [0.3, 0.4) is 0 Å². The van der Waals surface area contributed by atoms with E-state index in [1.165, 1.54) is 16.2 Å². The first-order valence-electron chi connectivity index (χ1n) is 16.4. The van der Waals surface area contributed by atoms with E-state index in [9.17, 15) is 0 Å². The largest absolute Gasteiger partial charge is 0.456 e. The summed E-state index contributed by atoms with van der Waals surface area (Å²) in [6.45, 7) is 0. The van der Waals surface area contributed by atoms with Crippen LogP contribution in [0.5, 0.6) is 0 Å². The second-order valence-corrected chi connectivity index (χ2v) is 12.4. The quantitative estimate of drug-likeness (QED) is 0.183. The summed E-state index contributed by atoms with van der Waals surface area (Å²) >= 11 is 0. The Labute approximate surface area is 282 Å². The van der Waals surface area contributed by atoms with Gasteiger partial charge in [0.15, 0.2) is 17.5 Å². The molecule has 10 aromatic rings. The number of nitrogens with zero attached hydrogens (tertiary/aromatic N) is 3. The number of fused-ring (bicyclic) bond motifs is 7. The third-order valence-corrected chi connectivity index (χ3v) is 9.48. The maximum Gasteiger partial charge on any atom is 0.164 e. The standard InChI is InChI=1S/C45H27N3O/c1-2-10-29(11-3-1)43-46-44(48-45(47-43)35-23-24-37-32(27-35)20-17-28-9-4-5-12-36(28)37)34-22-19-30-25-33(21-18-31(30)26-34)38-14-8-16-41-42(38)39-13-6-7-15-40(39)49-41/h1-27H. The zero-order valence-corrected chi connectivity index (χ0v) is 26.3. The minimum Gasteiger partial charge on any atom is -0.456 e. The summed E-state index contributed by atoms with van der Waals surface area (Å²) in [6.07, 6.45) is 0. The van der Waals surface area contributed by atoms with Crippen LogP contribution in [-0.2, 0) is 0 Å². The average molecular weight is 626 g/mol. The summed E-state index contributed by atoms with van der Waals surface area (Å²) in [7, 11) is 0. The van der Waals surface area contributed by atoms with Crippen LogP contribution in [0, 0.1) is 0 Å². The fourth-order valence-electron chi connectivity index (χ4n) is 7.07. The van der Waals surface area contributed by atoms with Crippen LogP contribution in [-0.4, -0.2) is 15.0 Å². The molecule has 0 fully saturated rings. The van der Waals surface area contributed by atoms with Gasteiger partial charge in [-0.05, 0) is 73.8 Å². The summed E-state index contributed by atoms with van der Waals surface area (Å²) in [5, 5.41) is 9.36. The summed E-state index contributed by atoms with van der Waals surface area (Å²) in [5.74, 6) is 1.94. The molecule has 0 radical (unpaired) electrons. The SMILES string of the molecule is c1ccc(-c2nc(-c3ccc4cc(-c5cccc6oc7ccccc7c56)ccc4c3)nc(-c3ccc4c(ccc5ccccc54)c3)n2)cc1. The molecule has 2 heterocycles. The molecule has 0 spiro atoms. The molecule has 4 nitrogen and oxygen atoms in total. The lowest BCUT2D eigenvalue weighted by Gasteiger charge is -2.11. The lowest BCUT2D eigenvalue weighted by Crippen LogP contribution is -2.00. The van der Waals surface area contributed by atoms with Crippen molar-refractivity contribution in [3.8, 4) is 45.3 Å². The van der Waals surface area contributed by atoms with E-state index < -0.39 is 0 Å². The molecule has 0 amide bonds. The van der Waals surface area contributed by atoms with Gasteiger partial charge in [0, 0.05) is 27.5 Å². The third-order valence-electron chi connectivity index (χ3n) is 9.48. The lowest BCUT2D eigenvalue weighted by atomic mass is 9.96. The van der Waals surface area contributed by atoms with Crippen LogP contribution in [0.25, 0.3) is 99.5 Å². The molecule has 0 N–H and O–H groups in total. The maximum atomic E-state index is 6.17. The van der Waals surface area contributed by atoms with Gasteiger partial charge in [0.25, 0.3) is 0 Å². The second-order valence-electron chi connectivity index (χ2n) is 12.4. The fraction of sp³-hybridized carbons (Fsp3) is 0. The van der Waals surface area contributed by atoms with Crippen molar-refractivity contribution < 1.29 is 4.42 Å². The number of hydrogen-bond acceptors (Lipinski definition) is 4. The topological polar surface area (TPSA) is 51.8 Å². The average Bonchev–Trinajstić information content (AvgIpc) is 3.56. The Balaban J connectivity index is 1.09. The van der Waals surface area contributed by atoms with Gasteiger partial charge < -0.3 is 4.42 Å². The highest BCUT2D eigenvalue weighted by molar-refractivity contribution is 6.13. The molecule has 0 aliphatic heterocycles. The van der Waals surface area contributed by atoms with Crippen LogP contribution in [0.4, 0.5) is 0 Å². The highest BCUT2D eigenvalue weighted by Gasteiger charge is 2.15. The van der Waals surface area contributed by atoms with Crippen molar-refractivity contribution in [1.29, 1.82) is 0 Å². The molecule has 0 bridgehead atoms. The molecule has 228 valence electrons. The molecule has 0 aliphatic rings. The van der Waals surface area contributed by atoms with Gasteiger partial charge in [-0.2, -0.15) is 0 Å². The van der Waals surface area contributed by atoms with Gasteiger partial charge >= 0.3 is 0 Å². The van der Waals surface area contributed by atoms with Crippen LogP contribution in [0.15, 0.2) is 168 Å². The summed E-state index contributed by atoms with van der Waals surface area (Å²) in [6, 6.07) is 57.0. The number of rotatable bonds is 4. The number of furan rings is 1. The molecule has 0 atom stereocenters. The summed E-state index contributed by atoms with van der Waals surface area (Å²) in [4.78, 5) is 15.1. The van der Waals surface area contributed by atoms with Crippen molar-refractivity contribution in [2.45, 2.75) is 0 Å². The Hall–Kier alpha value is -6.65. The Morgan fingerprint density at radius 2 is 0.878 bits per heavy atom. The van der Waals surface area contributed by atoms with Gasteiger partial charge in [-0.1, -0.05) is 133 Å². The molecule has 4 heteroatoms. The molecule has 0 unspecified atom stereocenters. The first-order valence-corrected chi connectivity index (χ1v) is 16.4. The Kier molecular flexibility index (Phi) is 6.15. The summed E-state index contributed by atoms with van der Waals surface area (Å²) < 4.78 is 6.17. The minimum atomic E-state index is 0.642. The van der Waals surface area contributed by atoms with E-state index in [0.717, 1.165) is 65.9 Å². The van der Waals surface area contributed by atoms with E-state index >= 15 is 0 Å². The van der Waals surface area contributed by atoms with Gasteiger partial charge in [0.2, 0.25) is 0 Å². The monoisotopic (exact) mass is 625 g/mol. The molecule has 10 rings (SSSR count). The van der Waals surface area contributed by atoms with Gasteiger partial charge in [0.1, 0.15) is 11.2 Å². The van der Waals surface area contributed by atoms with Gasteiger partial charge in [-0.15, -0.1) is 0 Å². The van der Waals surface area contributed by atoms with Crippen LogP contribution < -0.4 is 0 Å². The van der Waals surface area contributed by atoms with Crippen molar-refractivity contribution >= 4 is 54.3 Å². The van der Waals surface area contributed by atoms with Gasteiger partial charge in [-0.3, -0.25) is 0 Å². The number of aromatic nitrogens is 3. The molecule has 0 saturated heterocycles. The van der Waals surface area contributed by atoms with Crippen molar-refractivity contribution in [2.24, 2.45) is 0 Å². The van der Waals surface area contributed by atoms with E-state index in [2.05, 4.69) is 115 Å². The normalized spacial score (nSPS) is 11.7. The van der Waals surface area contributed by atoms with Gasteiger partial charge in [0.05, 0.1) is 0 Å². The first-order chi connectivity index (χ1) is 24.2. The zero-order chi connectivity index (χ0) is 32.3. The molecular weight excluding hydrogens is 599 g/mol. The molecule has 0 aliphatic carbocycles. The van der Waals surface area contributed by atoms with E-state index in [1.54, 1.807) is 0 Å². The van der Waals surface area contributed by atoms with Crippen molar-refractivity contribution in [3.63, 3.8) is 0 Å². The summed E-state index contributed by atoms with van der Waals surface area (Å²) in [5.41, 5.74) is 6.95. The third kappa shape index (κ3) is 4.65. The van der Waals surface area contributed by atoms with Crippen LogP contribution >= 0.6 is 0 Å². The number of para-hydroxylation sites is 1. The van der Waals surface area contributed by atoms with Gasteiger partial charge in [-0.25, -0.2) is 15.0 Å². The van der Waals surface area contributed by atoms with Crippen molar-refractivity contribution in [2.75, 3.05) is 0 Å². The Morgan fingerprint density at radius 3 is 1.69 bits per heavy atom. The zero-order valence-electron chi connectivity index (χ0n) is 26.3. The molecular formula is C45H27N3O. The number of hydrogen-bond donors (Lipinski definition) is 0. The molecule has 8 aromatic carbocycles. The highest BCUT2D eigenvalue weighted by atomic mass is 16.3. The maximum absolute atomic E-state index is 6.17. The Morgan fingerprint density at radius 1 is 0.327 bits per heavy atom. The Bertz CT molecular complexity index is 2890. The highest BCUT2D eigenvalue weighted by Crippen LogP contribution is 2.38. The van der Waals surface area contributed by atoms with Crippen molar-refractivity contribution in [3.05, 3.63) is 164 Å². The second kappa shape index (κ2) is 11.0. The smallest absolute Gasteiger partial charge is 0.164 e. The number of benzene rings is 8. The predicted octanol–water partition coefficient (Wildman–Crippen LogP) is 11.9. The van der Waals surface area contributed by atoms with E-state index in [0.29, 0.717) is 17.5 Å². The predicted molar refractivity (Wildman–Crippen MR) is 201 cm³/mol. The molecule has 2 aromatic heterocycles. The lowest BCUT2D eigenvalue weighted by molar-refractivity contribution is 0.669. The first kappa shape index (κ1) is 27.5. The minimum absolute atomic E-state index is 0.642. The van der Waals surface area contributed by atoms with E-state index in [1.807, 2.05) is 48.5 Å². The molecule has 0 saturated carbocycles. The fourth-order valence-corrected chi connectivity index (χ4v) is 7.07. The van der Waals surface area contributed by atoms with E-state index in [-0.39, 0.29) is 0 Å². The van der Waals surface area contributed by atoms with Crippen LogP contribution in [0.2, 0.25) is 0 Å². The van der Waals surface area contributed by atoms with Crippen LogP contribution in [0.1, 0.15) is 0 Å². The molecule has 49 heavy (non-hydrogen) atoms. The van der Waals surface area contributed by atoms with E-state index in [4.69, 9.17) is 19.4 Å². The van der Waals surface area contributed by atoms with Crippen molar-refractivity contribution in [1.82, 2.24) is 15.0 Å².